The molecule has 1 aromatic rings. The van der Waals surface area contributed by atoms with Gasteiger partial charge in [-0.2, -0.15) is 13.2 Å². The quantitative estimate of drug-likeness (QED) is 0.722. The van der Waals surface area contributed by atoms with Crippen molar-refractivity contribution in [3.63, 3.8) is 0 Å². The van der Waals surface area contributed by atoms with Crippen LogP contribution < -0.4 is 0 Å². The average Bonchev–Trinajstić information content (AvgIpc) is 2.36. The minimum absolute atomic E-state index is 0.280. The molecular weight excluding hydrogens is 287 g/mol. The van der Waals surface area contributed by atoms with Crippen LogP contribution in [0.25, 0.3) is 0 Å². The largest absolute Gasteiger partial charge is 0.416 e. The first-order valence-corrected chi connectivity index (χ1v) is 8.00. The zero-order chi connectivity index (χ0) is 16.5. The molecule has 0 spiro atoms. The van der Waals surface area contributed by atoms with Gasteiger partial charge in [0.05, 0.1) is 5.56 Å². The maximum Gasteiger partial charge on any atom is 0.416 e. The van der Waals surface area contributed by atoms with E-state index >= 15 is 0 Å². The molecule has 1 heterocycles. The van der Waals surface area contributed by atoms with Crippen LogP contribution in [0.5, 0.6) is 0 Å². The summed E-state index contributed by atoms with van der Waals surface area (Å²) in [5.41, 5.74) is 0.376. The number of rotatable bonds is 2. The Morgan fingerprint density at radius 2 is 1.86 bits per heavy atom. The highest BCUT2D eigenvalue weighted by molar-refractivity contribution is 5.37. The fourth-order valence-electron chi connectivity index (χ4n) is 3.12. The number of halogens is 3. The van der Waals surface area contributed by atoms with Crippen LogP contribution in [-0.4, -0.2) is 18.0 Å². The minimum Gasteiger partial charge on any atom is -0.299 e. The highest BCUT2D eigenvalue weighted by Crippen LogP contribution is 2.36. The molecule has 0 aromatic heterocycles. The zero-order valence-electron chi connectivity index (χ0n) is 13.9. The Morgan fingerprint density at radius 1 is 1.18 bits per heavy atom. The van der Waals surface area contributed by atoms with E-state index in [2.05, 4.69) is 11.8 Å². The second-order valence-corrected chi connectivity index (χ2v) is 7.60. The van der Waals surface area contributed by atoms with Crippen molar-refractivity contribution >= 4 is 0 Å². The fourth-order valence-corrected chi connectivity index (χ4v) is 3.12. The Bertz CT molecular complexity index is 514. The first-order chi connectivity index (χ1) is 10.1. The first kappa shape index (κ1) is 17.3. The molecule has 0 amide bonds. The lowest BCUT2D eigenvalue weighted by molar-refractivity contribution is -0.138. The lowest BCUT2D eigenvalue weighted by Gasteiger charge is -2.32. The van der Waals surface area contributed by atoms with E-state index in [4.69, 9.17) is 0 Å². The number of alkyl halides is 3. The van der Waals surface area contributed by atoms with E-state index in [9.17, 15) is 13.2 Å². The van der Waals surface area contributed by atoms with Crippen LogP contribution in [0.4, 0.5) is 13.2 Å². The van der Waals surface area contributed by atoms with Crippen molar-refractivity contribution in [1.82, 2.24) is 4.90 Å². The van der Waals surface area contributed by atoms with Gasteiger partial charge in [-0.25, -0.2) is 0 Å². The second-order valence-electron chi connectivity index (χ2n) is 7.60. The molecule has 22 heavy (non-hydrogen) atoms. The number of hydrogen-bond acceptors (Lipinski definition) is 1. The SMILES string of the molecule is CC1CCCN(Cc2ccc(C(C)(C)C)cc2C(F)(F)F)C1. The van der Waals surface area contributed by atoms with Crippen molar-refractivity contribution in [2.24, 2.45) is 5.92 Å². The molecule has 1 saturated heterocycles. The summed E-state index contributed by atoms with van der Waals surface area (Å²) in [4.78, 5) is 2.15. The van der Waals surface area contributed by atoms with Crippen molar-refractivity contribution in [3.05, 3.63) is 34.9 Å². The molecule has 1 atom stereocenters. The maximum atomic E-state index is 13.4. The minimum atomic E-state index is -4.29. The predicted molar refractivity (Wildman–Crippen MR) is 83.8 cm³/mol. The standard InChI is InChI=1S/C18H26F3N/c1-13-6-5-9-22(11-13)12-14-7-8-15(17(2,3)4)10-16(14)18(19,20)21/h7-8,10,13H,5-6,9,11-12H2,1-4H3. The summed E-state index contributed by atoms with van der Waals surface area (Å²) in [5.74, 6) is 0.567. The van der Waals surface area contributed by atoms with E-state index in [-0.39, 0.29) is 5.41 Å². The molecule has 1 nitrogen and oxygen atoms in total. The first-order valence-electron chi connectivity index (χ1n) is 8.00. The molecule has 0 radical (unpaired) electrons. The summed E-state index contributed by atoms with van der Waals surface area (Å²) in [6.07, 6.45) is -2.05. The third-order valence-corrected chi connectivity index (χ3v) is 4.42. The predicted octanol–water partition coefficient (Wildman–Crippen LogP) is 5.23. The lowest BCUT2D eigenvalue weighted by Crippen LogP contribution is -2.34. The third-order valence-electron chi connectivity index (χ3n) is 4.42. The van der Waals surface area contributed by atoms with E-state index < -0.39 is 11.7 Å². The topological polar surface area (TPSA) is 3.24 Å². The summed E-state index contributed by atoms with van der Waals surface area (Å²) in [7, 11) is 0. The van der Waals surface area contributed by atoms with Crippen LogP contribution in [0.15, 0.2) is 18.2 Å². The van der Waals surface area contributed by atoms with Gasteiger partial charge in [0, 0.05) is 13.1 Å². The van der Waals surface area contributed by atoms with Crippen molar-refractivity contribution in [2.75, 3.05) is 13.1 Å². The summed E-state index contributed by atoms with van der Waals surface area (Å²) >= 11 is 0. The Labute approximate surface area is 131 Å². The Morgan fingerprint density at radius 3 is 2.41 bits per heavy atom. The molecule has 1 unspecified atom stereocenters. The number of nitrogens with zero attached hydrogens (tertiary/aromatic N) is 1. The third kappa shape index (κ3) is 4.25. The zero-order valence-corrected chi connectivity index (χ0v) is 13.9. The summed E-state index contributed by atoms with van der Waals surface area (Å²) in [5, 5.41) is 0. The molecule has 0 bridgehead atoms. The van der Waals surface area contributed by atoms with Crippen molar-refractivity contribution in [2.45, 2.75) is 58.7 Å². The highest BCUT2D eigenvalue weighted by Gasteiger charge is 2.35. The van der Waals surface area contributed by atoms with Gasteiger partial charge >= 0.3 is 6.18 Å². The normalized spacial score (nSPS) is 21.1. The van der Waals surface area contributed by atoms with E-state index in [1.807, 2.05) is 26.8 Å². The van der Waals surface area contributed by atoms with Gasteiger partial charge in [-0.1, -0.05) is 39.8 Å². The summed E-state index contributed by atoms with van der Waals surface area (Å²) in [6, 6.07) is 4.85. The molecule has 4 heteroatoms. The van der Waals surface area contributed by atoms with Crippen LogP contribution in [-0.2, 0) is 18.1 Å². The van der Waals surface area contributed by atoms with E-state index in [1.54, 1.807) is 6.07 Å². The van der Waals surface area contributed by atoms with Gasteiger partial charge in [0.2, 0.25) is 0 Å². The van der Waals surface area contributed by atoms with Crippen LogP contribution >= 0.6 is 0 Å². The molecule has 0 aliphatic carbocycles. The molecule has 1 aliphatic rings. The summed E-state index contributed by atoms with van der Waals surface area (Å²) < 4.78 is 40.3. The van der Waals surface area contributed by atoms with Crippen LogP contribution in [0.1, 0.15) is 57.2 Å². The van der Waals surface area contributed by atoms with Crippen molar-refractivity contribution in [3.8, 4) is 0 Å². The molecule has 2 rings (SSSR count). The van der Waals surface area contributed by atoms with Gasteiger partial charge in [0.25, 0.3) is 0 Å². The van der Waals surface area contributed by atoms with E-state index in [1.165, 1.54) is 12.5 Å². The highest BCUT2D eigenvalue weighted by atomic mass is 19.4. The second kappa shape index (κ2) is 6.23. The van der Waals surface area contributed by atoms with Crippen molar-refractivity contribution < 1.29 is 13.2 Å². The lowest BCUT2D eigenvalue weighted by atomic mass is 9.85. The monoisotopic (exact) mass is 313 g/mol. The molecule has 1 aliphatic heterocycles. The molecule has 1 aromatic carbocycles. The van der Waals surface area contributed by atoms with Gasteiger partial charge < -0.3 is 0 Å². The maximum absolute atomic E-state index is 13.4. The van der Waals surface area contributed by atoms with Gasteiger partial charge in [-0.15, -0.1) is 0 Å². The van der Waals surface area contributed by atoms with Gasteiger partial charge in [0.1, 0.15) is 0 Å². The molecule has 124 valence electrons. The molecule has 1 fully saturated rings. The number of benzene rings is 1. The van der Waals surface area contributed by atoms with Crippen molar-refractivity contribution in [1.29, 1.82) is 0 Å². The number of likely N-dealkylation sites (tertiary alicyclic amines) is 1. The Kier molecular flexibility index (Phi) is 4.90. The molecular formula is C18H26F3N. The number of hydrogen-bond donors (Lipinski definition) is 0. The van der Waals surface area contributed by atoms with E-state index in [0.29, 0.717) is 18.0 Å². The Balaban J connectivity index is 2.30. The number of piperidine rings is 1. The summed E-state index contributed by atoms with van der Waals surface area (Å²) in [6.45, 7) is 10.2. The van der Waals surface area contributed by atoms with Gasteiger partial charge in [0.15, 0.2) is 0 Å². The van der Waals surface area contributed by atoms with Crippen LogP contribution in [0.3, 0.4) is 0 Å². The fraction of sp³-hybridized carbons (Fsp3) is 0.667. The molecule has 0 N–H and O–H groups in total. The van der Waals surface area contributed by atoms with Gasteiger partial charge in [-0.05, 0) is 47.9 Å². The van der Waals surface area contributed by atoms with Gasteiger partial charge in [-0.3, -0.25) is 4.90 Å². The average molecular weight is 313 g/mol. The molecule has 0 saturated carbocycles. The van der Waals surface area contributed by atoms with E-state index in [0.717, 1.165) is 25.1 Å². The van der Waals surface area contributed by atoms with Crippen LogP contribution in [0, 0.1) is 5.92 Å². The smallest absolute Gasteiger partial charge is 0.299 e. The Hall–Kier alpha value is -1.03. The van der Waals surface area contributed by atoms with Crippen LogP contribution in [0.2, 0.25) is 0 Å².